The average Bonchev–Trinajstić information content (AvgIpc) is 3.22. The van der Waals surface area contributed by atoms with Crippen LogP contribution in [-0.2, 0) is 0 Å². The first-order valence-corrected chi connectivity index (χ1v) is 9.54. The molecule has 0 atom stereocenters. The van der Waals surface area contributed by atoms with E-state index in [9.17, 15) is 0 Å². The van der Waals surface area contributed by atoms with Crippen molar-refractivity contribution in [3.05, 3.63) is 48.5 Å². The molecule has 148 valence electrons. The zero-order chi connectivity index (χ0) is 19.6. The molecule has 5 rings (SSSR count). The predicted molar refractivity (Wildman–Crippen MR) is 109 cm³/mol. The maximum atomic E-state index is 5.45. The monoisotopic (exact) mass is 391 g/mol. The molecule has 1 saturated heterocycles. The first-order chi connectivity index (χ1) is 14.2. The van der Waals surface area contributed by atoms with Gasteiger partial charge in [0.25, 0.3) is 0 Å². The third kappa shape index (κ3) is 3.71. The fourth-order valence-corrected chi connectivity index (χ4v) is 3.49. The van der Waals surface area contributed by atoms with Gasteiger partial charge in [0, 0.05) is 56.4 Å². The number of aromatic nitrogens is 4. The quantitative estimate of drug-likeness (QED) is 0.720. The Labute approximate surface area is 168 Å². The summed E-state index contributed by atoms with van der Waals surface area (Å²) >= 11 is 0. The Bertz CT molecular complexity index is 1010. The van der Waals surface area contributed by atoms with E-state index >= 15 is 0 Å². The molecule has 9 nitrogen and oxygen atoms in total. The molecule has 2 aliphatic heterocycles. The summed E-state index contributed by atoms with van der Waals surface area (Å²) < 4.78 is 10.8. The van der Waals surface area contributed by atoms with Gasteiger partial charge in [-0.25, -0.2) is 19.9 Å². The Morgan fingerprint density at radius 1 is 0.897 bits per heavy atom. The van der Waals surface area contributed by atoms with Crippen molar-refractivity contribution in [2.45, 2.75) is 6.92 Å². The average molecular weight is 391 g/mol. The number of aryl methyl sites for hydroxylation is 1. The van der Waals surface area contributed by atoms with E-state index in [4.69, 9.17) is 9.47 Å². The number of hydrogen-bond acceptors (Lipinski definition) is 9. The van der Waals surface area contributed by atoms with E-state index in [1.807, 2.05) is 37.3 Å². The summed E-state index contributed by atoms with van der Waals surface area (Å²) in [6, 6.07) is 9.57. The van der Waals surface area contributed by atoms with Gasteiger partial charge in [-0.2, -0.15) is 0 Å². The van der Waals surface area contributed by atoms with Gasteiger partial charge in [-0.05, 0) is 25.1 Å². The summed E-state index contributed by atoms with van der Waals surface area (Å²) in [5.41, 5.74) is 0.893. The predicted octanol–water partition coefficient (Wildman–Crippen LogP) is 2.37. The molecule has 0 bridgehead atoms. The lowest BCUT2D eigenvalue weighted by atomic mass is 10.2. The van der Waals surface area contributed by atoms with Gasteiger partial charge < -0.3 is 24.6 Å². The molecule has 0 spiro atoms. The normalized spacial score (nSPS) is 15.5. The summed E-state index contributed by atoms with van der Waals surface area (Å²) in [7, 11) is 0. The van der Waals surface area contributed by atoms with Crippen LogP contribution in [0.5, 0.6) is 11.5 Å². The van der Waals surface area contributed by atoms with Crippen LogP contribution in [0.4, 0.5) is 23.3 Å². The van der Waals surface area contributed by atoms with Gasteiger partial charge in [0.05, 0.1) is 0 Å². The van der Waals surface area contributed by atoms with Crippen LogP contribution in [-0.4, -0.2) is 52.9 Å². The Morgan fingerprint density at radius 3 is 2.48 bits per heavy atom. The lowest BCUT2D eigenvalue weighted by molar-refractivity contribution is 0.174. The van der Waals surface area contributed by atoms with Crippen molar-refractivity contribution >= 4 is 23.3 Å². The summed E-state index contributed by atoms with van der Waals surface area (Å²) in [5, 5.41) is 3.34. The number of nitrogens with zero attached hydrogens (tertiary/aromatic N) is 6. The van der Waals surface area contributed by atoms with Crippen molar-refractivity contribution in [3.8, 4) is 11.5 Å². The lowest BCUT2D eigenvalue weighted by Gasteiger charge is -2.35. The van der Waals surface area contributed by atoms with Crippen molar-refractivity contribution in [3.63, 3.8) is 0 Å². The van der Waals surface area contributed by atoms with E-state index in [-0.39, 0.29) is 6.79 Å². The van der Waals surface area contributed by atoms with Crippen LogP contribution in [0.15, 0.2) is 42.7 Å². The molecule has 3 aromatic rings. The molecule has 0 unspecified atom stereocenters. The fourth-order valence-electron chi connectivity index (χ4n) is 3.49. The molecule has 1 aromatic carbocycles. The maximum Gasteiger partial charge on any atom is 0.231 e. The molecule has 2 aromatic heterocycles. The Hall–Kier alpha value is -3.62. The van der Waals surface area contributed by atoms with Gasteiger partial charge in [0.1, 0.15) is 17.5 Å². The van der Waals surface area contributed by atoms with Crippen LogP contribution in [0.1, 0.15) is 5.82 Å². The second-order valence-electron chi connectivity index (χ2n) is 6.87. The van der Waals surface area contributed by atoms with Crippen LogP contribution in [0.2, 0.25) is 0 Å². The van der Waals surface area contributed by atoms with Crippen molar-refractivity contribution in [1.82, 2.24) is 19.9 Å². The van der Waals surface area contributed by atoms with Gasteiger partial charge in [0.15, 0.2) is 11.5 Å². The fraction of sp³-hybridized carbons (Fsp3) is 0.300. The molecule has 4 heterocycles. The first-order valence-electron chi connectivity index (χ1n) is 9.54. The minimum atomic E-state index is 0.259. The standard InChI is InChI=1S/C20H21N7O2/c1-14-23-18(25-15-3-4-16-17(11-15)29-13-28-16)12-19(24-14)26-7-9-27(10-8-26)20-21-5-2-6-22-20/h2-6,11-12H,7-10,13H2,1H3,(H,23,24,25). The lowest BCUT2D eigenvalue weighted by Crippen LogP contribution is -2.47. The number of rotatable bonds is 4. The molecular formula is C20H21N7O2. The SMILES string of the molecule is Cc1nc(Nc2ccc3c(c2)OCO3)cc(N2CCN(c3ncccn3)CC2)n1. The maximum absolute atomic E-state index is 5.45. The largest absolute Gasteiger partial charge is 0.454 e. The number of hydrogen-bond donors (Lipinski definition) is 1. The number of piperazine rings is 1. The molecule has 9 heteroatoms. The van der Waals surface area contributed by atoms with E-state index in [1.165, 1.54) is 0 Å². The number of benzene rings is 1. The highest BCUT2D eigenvalue weighted by atomic mass is 16.7. The van der Waals surface area contributed by atoms with Gasteiger partial charge in [0.2, 0.25) is 12.7 Å². The van der Waals surface area contributed by atoms with Crippen LogP contribution in [0, 0.1) is 6.92 Å². The number of fused-ring (bicyclic) bond motifs is 1. The van der Waals surface area contributed by atoms with Crippen molar-refractivity contribution in [1.29, 1.82) is 0 Å². The van der Waals surface area contributed by atoms with Gasteiger partial charge in [-0.1, -0.05) is 0 Å². The van der Waals surface area contributed by atoms with Gasteiger partial charge in [-0.15, -0.1) is 0 Å². The van der Waals surface area contributed by atoms with Crippen LogP contribution >= 0.6 is 0 Å². The molecule has 1 fully saturated rings. The van der Waals surface area contributed by atoms with Crippen molar-refractivity contribution in [2.75, 3.05) is 48.1 Å². The smallest absolute Gasteiger partial charge is 0.231 e. The number of anilines is 4. The number of ether oxygens (including phenoxy) is 2. The van der Waals surface area contributed by atoms with Crippen molar-refractivity contribution < 1.29 is 9.47 Å². The van der Waals surface area contributed by atoms with E-state index in [1.54, 1.807) is 12.4 Å². The highest BCUT2D eigenvalue weighted by Crippen LogP contribution is 2.35. The minimum Gasteiger partial charge on any atom is -0.454 e. The second-order valence-corrected chi connectivity index (χ2v) is 6.87. The number of nitrogens with one attached hydrogen (secondary N) is 1. The molecule has 1 N–H and O–H groups in total. The van der Waals surface area contributed by atoms with Crippen LogP contribution in [0.25, 0.3) is 0 Å². The highest BCUT2D eigenvalue weighted by Gasteiger charge is 2.21. The highest BCUT2D eigenvalue weighted by molar-refractivity contribution is 5.64. The second kappa shape index (κ2) is 7.42. The summed E-state index contributed by atoms with van der Waals surface area (Å²) in [6.45, 7) is 5.55. The zero-order valence-electron chi connectivity index (χ0n) is 16.1. The van der Waals surface area contributed by atoms with Gasteiger partial charge >= 0.3 is 0 Å². The van der Waals surface area contributed by atoms with Gasteiger partial charge in [-0.3, -0.25) is 0 Å². The van der Waals surface area contributed by atoms with E-state index in [0.29, 0.717) is 0 Å². The molecule has 29 heavy (non-hydrogen) atoms. The van der Waals surface area contributed by atoms with E-state index in [0.717, 1.165) is 66.8 Å². The third-order valence-electron chi connectivity index (χ3n) is 4.91. The van der Waals surface area contributed by atoms with Crippen LogP contribution < -0.4 is 24.6 Å². The topological polar surface area (TPSA) is 88.5 Å². The molecule has 0 aliphatic carbocycles. The van der Waals surface area contributed by atoms with Crippen molar-refractivity contribution in [2.24, 2.45) is 0 Å². The summed E-state index contributed by atoms with van der Waals surface area (Å²) in [4.78, 5) is 22.3. The molecule has 0 radical (unpaired) electrons. The van der Waals surface area contributed by atoms with E-state index < -0.39 is 0 Å². The first kappa shape index (κ1) is 17.5. The molecule has 2 aliphatic rings. The summed E-state index contributed by atoms with van der Waals surface area (Å²) in [6.07, 6.45) is 3.55. The summed E-state index contributed by atoms with van der Waals surface area (Å²) in [5.74, 6) is 4.65. The van der Waals surface area contributed by atoms with Crippen LogP contribution in [0.3, 0.4) is 0 Å². The Kier molecular flexibility index (Phi) is 4.47. The Balaban J connectivity index is 1.30. The zero-order valence-corrected chi connectivity index (χ0v) is 16.1. The molecule has 0 saturated carbocycles. The van der Waals surface area contributed by atoms with E-state index in [2.05, 4.69) is 35.1 Å². The Morgan fingerprint density at radius 2 is 1.66 bits per heavy atom. The third-order valence-corrected chi connectivity index (χ3v) is 4.91. The molecule has 0 amide bonds. The molecular weight excluding hydrogens is 370 g/mol. The minimum absolute atomic E-state index is 0.259.